The average Bonchev–Trinajstić information content (AvgIpc) is 3.20. The van der Waals surface area contributed by atoms with Crippen molar-refractivity contribution in [3.63, 3.8) is 0 Å². The van der Waals surface area contributed by atoms with E-state index in [4.69, 9.17) is 16.3 Å². The molecular formula is C22H26ClN3O5S. The number of halogens is 1. The molecule has 1 unspecified atom stereocenters. The van der Waals surface area contributed by atoms with E-state index >= 15 is 0 Å². The Hall–Kier alpha value is -2.46. The van der Waals surface area contributed by atoms with Crippen LogP contribution in [-0.2, 0) is 30.9 Å². The van der Waals surface area contributed by atoms with Crippen LogP contribution in [0.15, 0.2) is 41.3 Å². The molecule has 2 N–H and O–H groups in total. The zero-order chi connectivity index (χ0) is 23.5. The van der Waals surface area contributed by atoms with Crippen LogP contribution in [0.4, 0.5) is 0 Å². The summed E-state index contributed by atoms with van der Waals surface area (Å²) >= 11 is 5.83. The second-order valence-electron chi connectivity index (χ2n) is 7.69. The number of sulfonamides is 1. The van der Waals surface area contributed by atoms with Crippen molar-refractivity contribution in [1.82, 2.24) is 14.9 Å². The zero-order valence-electron chi connectivity index (χ0n) is 18.1. The Morgan fingerprint density at radius 3 is 2.28 bits per heavy atom. The molecule has 0 spiro atoms. The van der Waals surface area contributed by atoms with E-state index in [0.717, 1.165) is 11.1 Å². The highest BCUT2D eigenvalue weighted by molar-refractivity contribution is 7.89. The van der Waals surface area contributed by atoms with E-state index in [-0.39, 0.29) is 31.1 Å². The van der Waals surface area contributed by atoms with Crippen LogP contribution in [0.1, 0.15) is 22.3 Å². The van der Waals surface area contributed by atoms with E-state index in [9.17, 15) is 18.0 Å². The Morgan fingerprint density at radius 1 is 1.06 bits per heavy atom. The van der Waals surface area contributed by atoms with Crippen LogP contribution in [0, 0.1) is 20.8 Å². The molecule has 0 aromatic heterocycles. The fourth-order valence-corrected chi connectivity index (χ4v) is 5.81. The number of amides is 2. The van der Waals surface area contributed by atoms with Gasteiger partial charge in [0.25, 0.3) is 0 Å². The lowest BCUT2D eigenvalue weighted by atomic mass is 10.1. The molecule has 0 saturated carbocycles. The number of hydrogen-bond donors (Lipinski definition) is 2. The normalized spacial score (nSPS) is 16.7. The highest BCUT2D eigenvalue weighted by Crippen LogP contribution is 2.28. The van der Waals surface area contributed by atoms with Crippen molar-refractivity contribution < 1.29 is 22.7 Å². The number of benzene rings is 2. The molecule has 2 aromatic rings. The Balaban J connectivity index is 1.61. The van der Waals surface area contributed by atoms with Gasteiger partial charge in [-0.1, -0.05) is 41.4 Å². The molecule has 1 aliphatic heterocycles. The fraction of sp³-hybridized carbons (Fsp3) is 0.364. The number of hydrogen-bond acceptors (Lipinski definition) is 5. The molecule has 3 rings (SSSR count). The molecule has 0 bridgehead atoms. The quantitative estimate of drug-likeness (QED) is 0.617. The smallest absolute Gasteiger partial charge is 0.309 e. The summed E-state index contributed by atoms with van der Waals surface area (Å²) in [5.74, 6) is -1.69. The summed E-state index contributed by atoms with van der Waals surface area (Å²) in [7, 11) is -3.84. The number of aryl methyl sites for hydroxylation is 3. The van der Waals surface area contributed by atoms with E-state index < -0.39 is 28.1 Å². The van der Waals surface area contributed by atoms with Crippen molar-refractivity contribution in [3.8, 4) is 0 Å². The second kappa shape index (κ2) is 9.99. The van der Waals surface area contributed by atoms with Gasteiger partial charge < -0.3 is 15.4 Å². The van der Waals surface area contributed by atoms with Crippen molar-refractivity contribution in [2.45, 2.75) is 38.4 Å². The molecule has 1 aliphatic rings. The molecule has 2 aromatic carbocycles. The van der Waals surface area contributed by atoms with Crippen LogP contribution >= 0.6 is 11.6 Å². The average molecular weight is 480 g/mol. The van der Waals surface area contributed by atoms with Gasteiger partial charge >= 0.3 is 11.8 Å². The van der Waals surface area contributed by atoms with Gasteiger partial charge in [-0.15, -0.1) is 0 Å². The summed E-state index contributed by atoms with van der Waals surface area (Å²) in [5.41, 5.74) is 3.07. The Labute approximate surface area is 192 Å². The minimum atomic E-state index is -3.84. The number of ether oxygens (including phenoxy) is 1. The van der Waals surface area contributed by atoms with Crippen LogP contribution in [0.3, 0.4) is 0 Å². The largest absolute Gasteiger partial charge is 0.359 e. The van der Waals surface area contributed by atoms with Crippen molar-refractivity contribution in [2.75, 3.05) is 19.7 Å². The number of nitrogens with one attached hydrogen (secondary N) is 2. The summed E-state index contributed by atoms with van der Waals surface area (Å²) in [4.78, 5) is 24.5. The maximum atomic E-state index is 13.3. The first-order valence-electron chi connectivity index (χ1n) is 10.1. The molecule has 32 heavy (non-hydrogen) atoms. The molecular weight excluding hydrogens is 454 g/mol. The first kappa shape index (κ1) is 24.2. The minimum absolute atomic E-state index is 0.142. The van der Waals surface area contributed by atoms with E-state index in [1.165, 1.54) is 4.31 Å². The van der Waals surface area contributed by atoms with Crippen molar-refractivity contribution in [2.24, 2.45) is 0 Å². The molecule has 8 nitrogen and oxygen atoms in total. The SMILES string of the molecule is Cc1cc(C)c(S(=O)(=O)N2CCOC2CNC(=O)C(=O)NCc2ccc(Cl)cc2)c(C)c1. The lowest BCUT2D eigenvalue weighted by Crippen LogP contribution is -2.47. The maximum Gasteiger partial charge on any atom is 0.309 e. The molecule has 1 fully saturated rings. The number of carbonyl (C=O) groups excluding carboxylic acids is 2. The zero-order valence-corrected chi connectivity index (χ0v) is 19.7. The minimum Gasteiger partial charge on any atom is -0.359 e. The van der Waals surface area contributed by atoms with Gasteiger partial charge in [-0.3, -0.25) is 9.59 Å². The predicted molar refractivity (Wildman–Crippen MR) is 121 cm³/mol. The van der Waals surface area contributed by atoms with Crippen molar-refractivity contribution in [3.05, 3.63) is 63.7 Å². The van der Waals surface area contributed by atoms with E-state index in [0.29, 0.717) is 16.1 Å². The fourth-order valence-electron chi connectivity index (χ4n) is 3.76. The number of carbonyl (C=O) groups is 2. The van der Waals surface area contributed by atoms with Gasteiger partial charge in [-0.25, -0.2) is 8.42 Å². The second-order valence-corrected chi connectivity index (χ2v) is 9.95. The lowest BCUT2D eigenvalue weighted by molar-refractivity contribution is -0.139. The molecule has 2 amide bonds. The summed E-state index contributed by atoms with van der Waals surface area (Å²) in [6.45, 7) is 5.81. The van der Waals surface area contributed by atoms with Gasteiger partial charge in [0, 0.05) is 18.1 Å². The Bertz CT molecular complexity index is 1100. The van der Waals surface area contributed by atoms with Gasteiger partial charge in [-0.05, 0) is 49.6 Å². The van der Waals surface area contributed by atoms with Crippen LogP contribution < -0.4 is 10.6 Å². The van der Waals surface area contributed by atoms with Crippen molar-refractivity contribution in [1.29, 1.82) is 0 Å². The molecule has 10 heteroatoms. The topological polar surface area (TPSA) is 105 Å². The first-order chi connectivity index (χ1) is 15.1. The molecule has 172 valence electrons. The number of nitrogens with zero attached hydrogens (tertiary/aromatic N) is 1. The lowest BCUT2D eigenvalue weighted by Gasteiger charge is -2.24. The molecule has 0 aliphatic carbocycles. The standard InChI is InChI=1S/C22H26ClN3O5S/c1-14-10-15(2)20(16(3)11-14)32(29,30)26-8-9-31-19(26)13-25-22(28)21(27)24-12-17-4-6-18(23)7-5-17/h4-7,10-11,19H,8-9,12-13H2,1-3H3,(H,24,27)(H,25,28). The molecule has 1 atom stereocenters. The van der Waals surface area contributed by atoms with Crippen LogP contribution in [0.25, 0.3) is 0 Å². The third-order valence-electron chi connectivity index (χ3n) is 5.12. The summed E-state index contributed by atoms with van der Waals surface area (Å²) in [6, 6.07) is 10.5. The van der Waals surface area contributed by atoms with Crippen LogP contribution in [0.5, 0.6) is 0 Å². The van der Waals surface area contributed by atoms with E-state index in [1.54, 1.807) is 38.1 Å². The van der Waals surface area contributed by atoms with Gasteiger partial charge in [0.15, 0.2) is 0 Å². The van der Waals surface area contributed by atoms with Gasteiger partial charge in [0.05, 0.1) is 18.0 Å². The maximum absolute atomic E-state index is 13.3. The summed E-state index contributed by atoms with van der Waals surface area (Å²) in [6.07, 6.45) is -0.895. The van der Waals surface area contributed by atoms with Gasteiger partial charge in [0.1, 0.15) is 6.23 Å². The predicted octanol–water partition coefficient (Wildman–Crippen LogP) is 2.04. The van der Waals surface area contributed by atoms with Crippen molar-refractivity contribution >= 4 is 33.4 Å². The highest BCUT2D eigenvalue weighted by atomic mass is 35.5. The van der Waals surface area contributed by atoms with Crippen LogP contribution in [-0.4, -0.2) is 50.5 Å². The molecule has 1 saturated heterocycles. The third-order valence-corrected chi connectivity index (χ3v) is 7.57. The Morgan fingerprint density at radius 2 is 1.66 bits per heavy atom. The van der Waals surface area contributed by atoms with Crippen LogP contribution in [0.2, 0.25) is 5.02 Å². The first-order valence-corrected chi connectivity index (χ1v) is 11.9. The number of rotatable bonds is 6. The van der Waals surface area contributed by atoms with E-state index in [2.05, 4.69) is 10.6 Å². The van der Waals surface area contributed by atoms with Gasteiger partial charge in [0.2, 0.25) is 10.0 Å². The summed E-state index contributed by atoms with van der Waals surface area (Å²) < 4.78 is 33.4. The van der Waals surface area contributed by atoms with Gasteiger partial charge in [-0.2, -0.15) is 4.31 Å². The highest BCUT2D eigenvalue weighted by Gasteiger charge is 2.38. The van der Waals surface area contributed by atoms with E-state index in [1.807, 2.05) is 19.1 Å². The summed E-state index contributed by atoms with van der Waals surface area (Å²) in [5, 5.41) is 5.55. The third kappa shape index (κ3) is 5.47. The molecule has 0 radical (unpaired) electrons. The monoisotopic (exact) mass is 479 g/mol. The molecule has 1 heterocycles. The Kier molecular flexibility index (Phi) is 7.55.